The zero-order valence-corrected chi connectivity index (χ0v) is 15.0. The summed E-state index contributed by atoms with van der Waals surface area (Å²) >= 11 is 0. The summed E-state index contributed by atoms with van der Waals surface area (Å²) in [5.74, 6) is 0.838. The maximum Gasteiger partial charge on any atom is 0.326 e. The molecule has 1 N–H and O–H groups in total. The largest absolute Gasteiger partial charge is 0.361 e. The Labute approximate surface area is 150 Å². The fourth-order valence-electron chi connectivity index (χ4n) is 4.01. The third kappa shape index (κ3) is 2.73. The van der Waals surface area contributed by atoms with Gasteiger partial charge in [-0.2, -0.15) is 0 Å². The van der Waals surface area contributed by atoms with Crippen molar-refractivity contribution in [1.82, 2.24) is 19.6 Å². The van der Waals surface area contributed by atoms with Gasteiger partial charge >= 0.3 is 5.69 Å². The van der Waals surface area contributed by atoms with Crippen molar-refractivity contribution in [2.75, 3.05) is 6.54 Å². The highest BCUT2D eigenvalue weighted by Crippen LogP contribution is 2.35. The number of hydrogen-bond donors (Lipinski definition) is 1. The number of carbonyl (C=O) groups is 1. The van der Waals surface area contributed by atoms with E-state index in [9.17, 15) is 9.59 Å². The van der Waals surface area contributed by atoms with Gasteiger partial charge in [0.1, 0.15) is 5.76 Å². The molecule has 0 bridgehead atoms. The summed E-state index contributed by atoms with van der Waals surface area (Å²) in [6, 6.07) is 7.55. The molecule has 0 spiro atoms. The van der Waals surface area contributed by atoms with Crippen LogP contribution in [0.4, 0.5) is 0 Å². The van der Waals surface area contributed by atoms with E-state index in [-0.39, 0.29) is 17.6 Å². The molecule has 0 unspecified atom stereocenters. The first-order chi connectivity index (χ1) is 12.6. The van der Waals surface area contributed by atoms with Gasteiger partial charge in [0.05, 0.1) is 22.8 Å². The second kappa shape index (κ2) is 6.48. The molecule has 3 aromatic rings. The molecular weight excluding hydrogens is 332 g/mol. The summed E-state index contributed by atoms with van der Waals surface area (Å²) in [6.45, 7) is 4.91. The number of imidazole rings is 1. The number of benzene rings is 1. The minimum atomic E-state index is -0.178. The summed E-state index contributed by atoms with van der Waals surface area (Å²) in [5.41, 5.74) is 3.32. The van der Waals surface area contributed by atoms with Crippen molar-refractivity contribution < 1.29 is 9.32 Å². The van der Waals surface area contributed by atoms with Gasteiger partial charge in [-0.25, -0.2) is 4.79 Å². The normalized spacial score (nSPS) is 17.3. The first kappa shape index (κ1) is 16.6. The Bertz CT molecular complexity index is 994. The smallest absolute Gasteiger partial charge is 0.326 e. The third-order valence-electron chi connectivity index (χ3n) is 5.23. The Morgan fingerprint density at radius 2 is 2.15 bits per heavy atom. The Morgan fingerprint density at radius 3 is 2.92 bits per heavy atom. The lowest BCUT2D eigenvalue weighted by Crippen LogP contribution is -2.32. The number of aromatic amines is 1. The van der Waals surface area contributed by atoms with Gasteiger partial charge in [-0.1, -0.05) is 17.3 Å². The molecule has 1 fully saturated rings. The van der Waals surface area contributed by atoms with Gasteiger partial charge in [0.2, 0.25) is 5.91 Å². The SMILES string of the molecule is Cc1noc(C)c1[C@H]1CCCN1C(=O)CCn1c(=O)[nH]c2ccccc21. The molecule has 0 saturated carbocycles. The number of aryl methyl sites for hydroxylation is 3. The molecule has 1 atom stereocenters. The number of amides is 1. The molecule has 3 heterocycles. The van der Waals surface area contributed by atoms with Gasteiger partial charge in [0, 0.05) is 25.1 Å². The van der Waals surface area contributed by atoms with E-state index in [4.69, 9.17) is 4.52 Å². The van der Waals surface area contributed by atoms with E-state index in [1.807, 2.05) is 43.0 Å². The predicted molar refractivity (Wildman–Crippen MR) is 96.8 cm³/mol. The highest BCUT2D eigenvalue weighted by Gasteiger charge is 2.33. The van der Waals surface area contributed by atoms with Crippen LogP contribution in [0.2, 0.25) is 0 Å². The number of rotatable bonds is 4. The van der Waals surface area contributed by atoms with E-state index in [0.29, 0.717) is 13.0 Å². The van der Waals surface area contributed by atoms with Crippen LogP contribution >= 0.6 is 0 Å². The van der Waals surface area contributed by atoms with Gasteiger partial charge in [0.25, 0.3) is 0 Å². The monoisotopic (exact) mass is 354 g/mol. The van der Waals surface area contributed by atoms with Gasteiger partial charge in [0.15, 0.2) is 0 Å². The molecule has 7 heteroatoms. The Balaban J connectivity index is 1.53. The number of nitrogens with zero attached hydrogens (tertiary/aromatic N) is 3. The fraction of sp³-hybridized carbons (Fsp3) is 0.421. The van der Waals surface area contributed by atoms with Crippen LogP contribution in [0.15, 0.2) is 33.6 Å². The van der Waals surface area contributed by atoms with Gasteiger partial charge in [-0.15, -0.1) is 0 Å². The van der Waals surface area contributed by atoms with Crippen molar-refractivity contribution in [3.63, 3.8) is 0 Å². The Morgan fingerprint density at radius 1 is 1.35 bits per heavy atom. The van der Waals surface area contributed by atoms with E-state index in [2.05, 4.69) is 10.1 Å². The lowest BCUT2D eigenvalue weighted by Gasteiger charge is -2.25. The lowest BCUT2D eigenvalue weighted by molar-refractivity contribution is -0.132. The second-order valence-corrected chi connectivity index (χ2v) is 6.83. The minimum Gasteiger partial charge on any atom is -0.361 e. The van der Waals surface area contributed by atoms with Gasteiger partial charge < -0.3 is 14.4 Å². The third-order valence-corrected chi connectivity index (χ3v) is 5.23. The van der Waals surface area contributed by atoms with Crippen LogP contribution in [0.25, 0.3) is 11.0 Å². The van der Waals surface area contributed by atoms with Crippen LogP contribution < -0.4 is 5.69 Å². The quantitative estimate of drug-likeness (QED) is 0.781. The summed E-state index contributed by atoms with van der Waals surface area (Å²) in [4.78, 5) is 29.8. The molecule has 1 amide bonds. The summed E-state index contributed by atoms with van der Waals surface area (Å²) in [6.07, 6.45) is 2.18. The average Bonchev–Trinajstić information content (AvgIpc) is 3.30. The molecule has 1 aliphatic heterocycles. The minimum absolute atomic E-state index is 0.0217. The molecule has 26 heavy (non-hydrogen) atoms. The number of aromatic nitrogens is 3. The molecule has 7 nitrogen and oxygen atoms in total. The van der Waals surface area contributed by atoms with E-state index in [1.54, 1.807) is 4.57 Å². The maximum absolute atomic E-state index is 12.9. The van der Waals surface area contributed by atoms with E-state index < -0.39 is 0 Å². The van der Waals surface area contributed by atoms with Crippen LogP contribution in [0.3, 0.4) is 0 Å². The predicted octanol–water partition coefficient (Wildman–Crippen LogP) is 2.69. The van der Waals surface area contributed by atoms with Crippen molar-refractivity contribution in [3.05, 3.63) is 51.8 Å². The molecule has 4 rings (SSSR count). The molecule has 2 aromatic heterocycles. The number of para-hydroxylation sites is 2. The zero-order chi connectivity index (χ0) is 18.3. The first-order valence-corrected chi connectivity index (χ1v) is 8.96. The second-order valence-electron chi connectivity index (χ2n) is 6.83. The van der Waals surface area contributed by atoms with Crippen LogP contribution in [-0.2, 0) is 11.3 Å². The van der Waals surface area contributed by atoms with Crippen LogP contribution in [0, 0.1) is 13.8 Å². The van der Waals surface area contributed by atoms with Crippen molar-refractivity contribution in [2.24, 2.45) is 0 Å². The van der Waals surface area contributed by atoms with Crippen molar-refractivity contribution in [3.8, 4) is 0 Å². The van der Waals surface area contributed by atoms with Crippen LogP contribution in [-0.4, -0.2) is 32.1 Å². The lowest BCUT2D eigenvalue weighted by atomic mass is 10.0. The molecule has 1 aromatic carbocycles. The Hall–Kier alpha value is -2.83. The molecule has 136 valence electrons. The van der Waals surface area contributed by atoms with Crippen molar-refractivity contribution in [1.29, 1.82) is 0 Å². The first-order valence-electron chi connectivity index (χ1n) is 8.96. The van der Waals surface area contributed by atoms with Crippen LogP contribution in [0.1, 0.15) is 42.3 Å². The molecule has 0 radical (unpaired) electrons. The zero-order valence-electron chi connectivity index (χ0n) is 15.0. The summed E-state index contributed by atoms with van der Waals surface area (Å²) in [5, 5.41) is 4.02. The molecule has 0 aliphatic carbocycles. The number of carbonyl (C=O) groups excluding carboxylic acids is 1. The fourth-order valence-corrected chi connectivity index (χ4v) is 4.01. The van der Waals surface area contributed by atoms with E-state index >= 15 is 0 Å². The van der Waals surface area contributed by atoms with Gasteiger partial charge in [-0.3, -0.25) is 9.36 Å². The Kier molecular flexibility index (Phi) is 4.14. The number of fused-ring (bicyclic) bond motifs is 1. The highest BCUT2D eigenvalue weighted by atomic mass is 16.5. The van der Waals surface area contributed by atoms with E-state index in [0.717, 1.165) is 47.4 Å². The van der Waals surface area contributed by atoms with Gasteiger partial charge in [-0.05, 0) is 38.8 Å². The number of nitrogens with one attached hydrogen (secondary N) is 1. The van der Waals surface area contributed by atoms with Crippen LogP contribution in [0.5, 0.6) is 0 Å². The maximum atomic E-state index is 12.9. The number of hydrogen-bond acceptors (Lipinski definition) is 4. The molecule has 1 aliphatic rings. The summed E-state index contributed by atoms with van der Waals surface area (Å²) < 4.78 is 6.91. The van der Waals surface area contributed by atoms with E-state index in [1.165, 1.54) is 0 Å². The van der Waals surface area contributed by atoms with Crippen molar-refractivity contribution in [2.45, 2.75) is 45.7 Å². The van der Waals surface area contributed by atoms with Crippen molar-refractivity contribution >= 4 is 16.9 Å². The molecule has 1 saturated heterocycles. The average molecular weight is 354 g/mol. The topological polar surface area (TPSA) is 84.1 Å². The molecular formula is C19H22N4O3. The standard InChI is InChI=1S/C19H22N4O3/c1-12-18(13(2)26-21-12)16-8-5-10-22(16)17(24)9-11-23-15-7-4-3-6-14(15)20-19(23)25/h3-4,6-7,16H,5,8-11H2,1-2H3,(H,20,25)/t16-/m1/s1. The number of likely N-dealkylation sites (tertiary alicyclic amines) is 1. The number of H-pyrrole nitrogens is 1. The summed E-state index contributed by atoms with van der Waals surface area (Å²) in [7, 11) is 0. The highest BCUT2D eigenvalue weighted by molar-refractivity contribution is 5.78.